The molecule has 1 aromatic heterocycles. The molecule has 0 aliphatic rings. The third kappa shape index (κ3) is 4.32. The summed E-state index contributed by atoms with van der Waals surface area (Å²) in [6, 6.07) is 9.98. The molecule has 0 unspecified atom stereocenters. The van der Waals surface area contributed by atoms with E-state index in [1.807, 2.05) is 58.2 Å². The monoisotopic (exact) mass is 297 g/mol. The Kier molecular flexibility index (Phi) is 5.15. The highest BCUT2D eigenvalue weighted by atomic mass is 16.1. The number of aromatic nitrogens is 1. The minimum Gasteiger partial charge on any atom is -0.379 e. The first-order valence-corrected chi connectivity index (χ1v) is 7.52. The standard InChI is InChI=1S/C18H23N3O/c1-12(2)21-18(22)17-8-7-15(9-14(17)4)20-11-16-6-5-13(3)10-19-16/h5-10,12,20H,11H2,1-4H3,(H,21,22). The minimum absolute atomic E-state index is 0.0285. The molecule has 116 valence electrons. The highest BCUT2D eigenvalue weighted by Gasteiger charge is 2.10. The van der Waals surface area contributed by atoms with Gasteiger partial charge in [0, 0.05) is 23.5 Å². The smallest absolute Gasteiger partial charge is 0.251 e. The number of amides is 1. The zero-order valence-corrected chi connectivity index (χ0v) is 13.6. The van der Waals surface area contributed by atoms with Crippen LogP contribution in [-0.2, 0) is 6.54 Å². The highest BCUT2D eigenvalue weighted by Crippen LogP contribution is 2.16. The molecule has 0 spiro atoms. The molecule has 1 amide bonds. The second kappa shape index (κ2) is 7.07. The summed E-state index contributed by atoms with van der Waals surface area (Å²) in [5, 5.41) is 6.25. The van der Waals surface area contributed by atoms with Crippen LogP contribution in [0.3, 0.4) is 0 Å². The molecule has 0 atom stereocenters. The van der Waals surface area contributed by atoms with Crippen LogP contribution in [0.5, 0.6) is 0 Å². The number of pyridine rings is 1. The van der Waals surface area contributed by atoms with E-state index in [1.165, 1.54) is 0 Å². The number of carbonyl (C=O) groups is 1. The van der Waals surface area contributed by atoms with Crippen LogP contribution in [0.15, 0.2) is 36.5 Å². The minimum atomic E-state index is -0.0285. The second-order valence-corrected chi connectivity index (χ2v) is 5.84. The van der Waals surface area contributed by atoms with Crippen LogP contribution in [0.4, 0.5) is 5.69 Å². The van der Waals surface area contributed by atoms with Gasteiger partial charge in [0.1, 0.15) is 0 Å². The van der Waals surface area contributed by atoms with E-state index in [-0.39, 0.29) is 11.9 Å². The van der Waals surface area contributed by atoms with Crippen molar-refractivity contribution in [1.29, 1.82) is 0 Å². The van der Waals surface area contributed by atoms with Gasteiger partial charge < -0.3 is 10.6 Å². The van der Waals surface area contributed by atoms with Crippen molar-refractivity contribution >= 4 is 11.6 Å². The Morgan fingerprint density at radius 1 is 1.18 bits per heavy atom. The van der Waals surface area contributed by atoms with E-state index in [4.69, 9.17) is 0 Å². The van der Waals surface area contributed by atoms with Crippen molar-refractivity contribution in [2.75, 3.05) is 5.32 Å². The summed E-state index contributed by atoms with van der Waals surface area (Å²) in [7, 11) is 0. The fourth-order valence-electron chi connectivity index (χ4n) is 2.16. The van der Waals surface area contributed by atoms with E-state index in [1.54, 1.807) is 0 Å². The van der Waals surface area contributed by atoms with Crippen LogP contribution >= 0.6 is 0 Å². The van der Waals surface area contributed by atoms with Gasteiger partial charge in [0.05, 0.1) is 12.2 Å². The fourth-order valence-corrected chi connectivity index (χ4v) is 2.16. The van der Waals surface area contributed by atoms with Crippen LogP contribution in [0.2, 0.25) is 0 Å². The molecular formula is C18H23N3O. The van der Waals surface area contributed by atoms with Crippen LogP contribution in [0, 0.1) is 13.8 Å². The molecule has 2 N–H and O–H groups in total. The van der Waals surface area contributed by atoms with Crippen molar-refractivity contribution < 1.29 is 4.79 Å². The molecule has 0 bridgehead atoms. The highest BCUT2D eigenvalue weighted by molar-refractivity contribution is 5.96. The van der Waals surface area contributed by atoms with Gasteiger partial charge in [-0.15, -0.1) is 0 Å². The van der Waals surface area contributed by atoms with Crippen molar-refractivity contribution in [3.63, 3.8) is 0 Å². The molecule has 0 saturated heterocycles. The maximum absolute atomic E-state index is 12.1. The van der Waals surface area contributed by atoms with Gasteiger partial charge in [-0.25, -0.2) is 0 Å². The molecule has 2 rings (SSSR count). The van der Waals surface area contributed by atoms with E-state index in [2.05, 4.69) is 21.7 Å². The second-order valence-electron chi connectivity index (χ2n) is 5.84. The first-order chi connectivity index (χ1) is 10.5. The summed E-state index contributed by atoms with van der Waals surface area (Å²) in [6.07, 6.45) is 1.86. The number of carbonyl (C=O) groups excluding carboxylic acids is 1. The molecule has 0 saturated carbocycles. The van der Waals surface area contributed by atoms with E-state index < -0.39 is 0 Å². The lowest BCUT2D eigenvalue weighted by Crippen LogP contribution is -2.30. The summed E-state index contributed by atoms with van der Waals surface area (Å²) in [5.74, 6) is -0.0285. The SMILES string of the molecule is Cc1ccc(CNc2ccc(C(=O)NC(C)C)c(C)c2)nc1. The summed E-state index contributed by atoms with van der Waals surface area (Å²) in [5.41, 5.74) is 4.80. The average Bonchev–Trinajstić information content (AvgIpc) is 2.46. The zero-order chi connectivity index (χ0) is 16.1. The Morgan fingerprint density at radius 2 is 1.95 bits per heavy atom. The van der Waals surface area contributed by atoms with Crippen LogP contribution in [-0.4, -0.2) is 16.9 Å². The quantitative estimate of drug-likeness (QED) is 0.888. The topological polar surface area (TPSA) is 54.0 Å². The molecule has 1 aromatic carbocycles. The van der Waals surface area contributed by atoms with Crippen molar-refractivity contribution in [3.05, 3.63) is 58.9 Å². The van der Waals surface area contributed by atoms with Gasteiger partial charge in [0.25, 0.3) is 5.91 Å². The van der Waals surface area contributed by atoms with Crippen molar-refractivity contribution in [3.8, 4) is 0 Å². The van der Waals surface area contributed by atoms with Gasteiger partial charge in [-0.1, -0.05) is 6.07 Å². The molecule has 4 nitrogen and oxygen atoms in total. The number of anilines is 1. The third-order valence-electron chi connectivity index (χ3n) is 3.34. The zero-order valence-electron chi connectivity index (χ0n) is 13.6. The summed E-state index contributed by atoms with van der Waals surface area (Å²) in [4.78, 5) is 16.4. The largest absolute Gasteiger partial charge is 0.379 e. The number of nitrogens with zero attached hydrogens (tertiary/aromatic N) is 1. The Labute approximate surface area is 132 Å². The maximum Gasteiger partial charge on any atom is 0.251 e. The first-order valence-electron chi connectivity index (χ1n) is 7.52. The predicted molar refractivity (Wildman–Crippen MR) is 90.1 cm³/mol. The van der Waals surface area contributed by atoms with Gasteiger partial charge in [-0.3, -0.25) is 9.78 Å². The first kappa shape index (κ1) is 16.0. The number of rotatable bonds is 5. The third-order valence-corrected chi connectivity index (χ3v) is 3.34. The lowest BCUT2D eigenvalue weighted by molar-refractivity contribution is 0.0942. The molecule has 2 aromatic rings. The molecule has 0 aliphatic heterocycles. The van der Waals surface area contributed by atoms with Crippen LogP contribution in [0.25, 0.3) is 0 Å². The lowest BCUT2D eigenvalue weighted by Gasteiger charge is -2.12. The lowest BCUT2D eigenvalue weighted by atomic mass is 10.1. The number of nitrogens with one attached hydrogen (secondary N) is 2. The Balaban J connectivity index is 2.03. The molecule has 4 heteroatoms. The van der Waals surface area contributed by atoms with E-state index in [0.717, 1.165) is 22.5 Å². The summed E-state index contributed by atoms with van der Waals surface area (Å²) < 4.78 is 0. The molecule has 0 radical (unpaired) electrons. The maximum atomic E-state index is 12.1. The van der Waals surface area contributed by atoms with Gasteiger partial charge in [0.2, 0.25) is 0 Å². The van der Waals surface area contributed by atoms with Gasteiger partial charge in [-0.05, 0) is 63.1 Å². The number of aryl methyl sites for hydroxylation is 2. The Morgan fingerprint density at radius 3 is 2.55 bits per heavy atom. The molecule has 1 heterocycles. The van der Waals surface area contributed by atoms with E-state index in [0.29, 0.717) is 12.1 Å². The molecule has 0 aliphatic carbocycles. The predicted octanol–water partition coefficient (Wildman–Crippen LogP) is 3.45. The Bertz CT molecular complexity index is 648. The summed E-state index contributed by atoms with van der Waals surface area (Å²) in [6.45, 7) is 8.55. The van der Waals surface area contributed by atoms with Gasteiger partial charge in [-0.2, -0.15) is 0 Å². The molecule has 22 heavy (non-hydrogen) atoms. The summed E-state index contributed by atoms with van der Waals surface area (Å²) >= 11 is 0. The van der Waals surface area contributed by atoms with E-state index in [9.17, 15) is 4.79 Å². The molecule has 0 fully saturated rings. The van der Waals surface area contributed by atoms with Gasteiger partial charge in [0.15, 0.2) is 0 Å². The van der Waals surface area contributed by atoms with Crippen LogP contribution < -0.4 is 10.6 Å². The van der Waals surface area contributed by atoms with Crippen molar-refractivity contribution in [2.24, 2.45) is 0 Å². The average molecular weight is 297 g/mol. The van der Waals surface area contributed by atoms with Crippen molar-refractivity contribution in [2.45, 2.75) is 40.3 Å². The normalized spacial score (nSPS) is 10.6. The van der Waals surface area contributed by atoms with E-state index >= 15 is 0 Å². The fraction of sp³-hybridized carbons (Fsp3) is 0.333. The number of hydrogen-bond donors (Lipinski definition) is 2. The van der Waals surface area contributed by atoms with Crippen molar-refractivity contribution in [1.82, 2.24) is 10.3 Å². The Hall–Kier alpha value is -2.36. The number of benzene rings is 1. The molecular weight excluding hydrogens is 274 g/mol. The van der Waals surface area contributed by atoms with Gasteiger partial charge >= 0.3 is 0 Å². The number of hydrogen-bond acceptors (Lipinski definition) is 3. The van der Waals surface area contributed by atoms with Crippen LogP contribution in [0.1, 0.15) is 41.0 Å².